The summed E-state index contributed by atoms with van der Waals surface area (Å²) in [6.45, 7) is 0.202. The second-order valence-corrected chi connectivity index (χ2v) is 7.49. The van der Waals surface area contributed by atoms with Crippen LogP contribution >= 0.6 is 11.6 Å². The highest BCUT2D eigenvalue weighted by Gasteiger charge is 2.47. The van der Waals surface area contributed by atoms with Crippen molar-refractivity contribution in [3.05, 3.63) is 76.6 Å². The predicted octanol–water partition coefficient (Wildman–Crippen LogP) is 3.69. The van der Waals surface area contributed by atoms with Crippen molar-refractivity contribution in [1.82, 2.24) is 4.98 Å². The molecule has 2 aliphatic rings. The molecule has 0 saturated heterocycles. The maximum Gasteiger partial charge on any atom is 0.283 e. The van der Waals surface area contributed by atoms with Gasteiger partial charge in [-0.15, -0.1) is 0 Å². The van der Waals surface area contributed by atoms with E-state index in [4.69, 9.17) is 31.5 Å². The zero-order chi connectivity index (χ0) is 21.6. The fourth-order valence-corrected chi connectivity index (χ4v) is 3.86. The molecule has 3 heterocycles. The monoisotopic (exact) mass is 436 g/mol. The van der Waals surface area contributed by atoms with Crippen LogP contribution in [0.15, 0.2) is 59.7 Å². The number of benzene rings is 2. The number of rotatable bonds is 3. The molecule has 2 aromatic carbocycles. The summed E-state index contributed by atoms with van der Waals surface area (Å²) in [6.07, 6.45) is 1.42. The van der Waals surface area contributed by atoms with E-state index in [0.29, 0.717) is 33.7 Å². The second kappa shape index (κ2) is 7.17. The first-order valence-corrected chi connectivity index (χ1v) is 9.78. The summed E-state index contributed by atoms with van der Waals surface area (Å²) in [5.74, 6) is 1.58. The zero-order valence-electron chi connectivity index (χ0n) is 16.4. The van der Waals surface area contributed by atoms with Crippen LogP contribution in [0.1, 0.15) is 21.5 Å². The van der Waals surface area contributed by atoms with Gasteiger partial charge in [0, 0.05) is 23.0 Å². The first-order chi connectivity index (χ1) is 15.0. The van der Waals surface area contributed by atoms with E-state index in [1.807, 2.05) is 24.3 Å². The number of halogens is 1. The lowest BCUT2D eigenvalue weighted by atomic mass is 9.81. The minimum absolute atomic E-state index is 0.0864. The average Bonchev–Trinajstić information content (AvgIpc) is 3.17. The largest absolute Gasteiger partial charge is 0.497 e. The number of carbonyl (C=O) groups excluding carboxylic acids is 1. The Kier molecular flexibility index (Phi) is 4.44. The van der Waals surface area contributed by atoms with Crippen molar-refractivity contribution >= 4 is 29.2 Å². The number of methoxy groups -OCH3 is 1. The van der Waals surface area contributed by atoms with Crippen LogP contribution in [0.5, 0.6) is 17.2 Å². The minimum Gasteiger partial charge on any atom is -0.497 e. The normalized spacial score (nSPS) is 18.3. The van der Waals surface area contributed by atoms with Crippen molar-refractivity contribution < 1.29 is 19.0 Å². The first kappa shape index (κ1) is 19.2. The number of ether oxygens (including phenoxy) is 3. The van der Waals surface area contributed by atoms with Crippen molar-refractivity contribution in [2.45, 2.75) is 5.54 Å². The number of fused-ring (bicyclic) bond motifs is 4. The lowest BCUT2D eigenvalue weighted by Gasteiger charge is -2.33. The number of nitrogens with one attached hydrogen (secondary N) is 1. The van der Waals surface area contributed by atoms with Crippen LogP contribution in [-0.4, -0.2) is 30.6 Å². The van der Waals surface area contributed by atoms with Crippen LogP contribution in [0.3, 0.4) is 0 Å². The van der Waals surface area contributed by atoms with E-state index in [0.717, 1.165) is 11.1 Å². The van der Waals surface area contributed by atoms with Gasteiger partial charge in [-0.05, 0) is 48.5 Å². The lowest BCUT2D eigenvalue weighted by molar-refractivity contribution is 0.102. The molecule has 1 atom stereocenters. The first-order valence-electron chi connectivity index (χ1n) is 9.40. The highest BCUT2D eigenvalue weighted by Crippen LogP contribution is 2.52. The summed E-state index contributed by atoms with van der Waals surface area (Å²) in [5, 5.41) is 3.18. The van der Waals surface area contributed by atoms with Gasteiger partial charge >= 0.3 is 0 Å². The number of hydrogen-bond donors (Lipinski definition) is 2. The highest BCUT2D eigenvalue weighted by atomic mass is 35.5. The van der Waals surface area contributed by atoms with Gasteiger partial charge in [0.15, 0.2) is 5.54 Å². The van der Waals surface area contributed by atoms with Crippen molar-refractivity contribution in [3.8, 4) is 17.2 Å². The molecule has 1 aromatic heterocycles. The molecule has 9 heteroatoms. The molecule has 0 unspecified atom stereocenters. The van der Waals surface area contributed by atoms with Gasteiger partial charge in [0.05, 0.1) is 12.7 Å². The standard InChI is InChI=1S/C22H17ClN4O4/c1-29-14-4-6-18-16(9-14)22(11-30-21(24)27-22)15-8-13(3-5-17(15)31-18)26-20(28)12-2-7-19(23)25-10-12/h2-10H,11H2,1H3,(H2,24,27)(H,26,28)/t22-/m0/s1. The predicted molar refractivity (Wildman–Crippen MR) is 115 cm³/mol. The summed E-state index contributed by atoms with van der Waals surface area (Å²) < 4.78 is 17.0. The zero-order valence-corrected chi connectivity index (χ0v) is 17.1. The minimum atomic E-state index is -0.913. The second-order valence-electron chi connectivity index (χ2n) is 7.10. The Labute approximate surface area is 182 Å². The number of nitrogens with zero attached hydrogens (tertiary/aromatic N) is 2. The van der Waals surface area contributed by atoms with Crippen LogP contribution in [0.4, 0.5) is 5.69 Å². The van der Waals surface area contributed by atoms with Crippen LogP contribution < -0.4 is 20.5 Å². The molecular formula is C22H17ClN4O4. The van der Waals surface area contributed by atoms with Gasteiger partial charge in [0.2, 0.25) is 0 Å². The van der Waals surface area contributed by atoms with Crippen molar-refractivity contribution in [2.75, 3.05) is 19.0 Å². The molecular weight excluding hydrogens is 420 g/mol. The van der Waals surface area contributed by atoms with Crippen molar-refractivity contribution in [2.24, 2.45) is 10.7 Å². The SMILES string of the molecule is COc1ccc2c(c1)[C@]1(COC(N)=N1)c1cc(NC(=O)c3ccc(Cl)nc3)ccc1O2. The van der Waals surface area contributed by atoms with E-state index in [1.54, 1.807) is 31.4 Å². The van der Waals surface area contributed by atoms with Gasteiger partial charge in [-0.3, -0.25) is 4.79 Å². The number of nitrogens with two attached hydrogens (primary N) is 1. The van der Waals surface area contributed by atoms with E-state index in [2.05, 4.69) is 15.3 Å². The third-order valence-electron chi connectivity index (χ3n) is 5.25. The van der Waals surface area contributed by atoms with Gasteiger partial charge in [-0.1, -0.05) is 11.6 Å². The molecule has 8 nitrogen and oxygen atoms in total. The van der Waals surface area contributed by atoms with Gasteiger partial charge < -0.3 is 25.3 Å². The van der Waals surface area contributed by atoms with E-state index in [9.17, 15) is 4.79 Å². The molecule has 0 fully saturated rings. The third-order valence-corrected chi connectivity index (χ3v) is 5.48. The summed E-state index contributed by atoms with van der Waals surface area (Å²) in [6, 6.07) is 14.1. The molecule has 3 aromatic rings. The van der Waals surface area contributed by atoms with Crippen LogP contribution in [0.25, 0.3) is 0 Å². The van der Waals surface area contributed by atoms with Gasteiger partial charge in [0.25, 0.3) is 11.9 Å². The summed E-state index contributed by atoms with van der Waals surface area (Å²) in [7, 11) is 1.59. The van der Waals surface area contributed by atoms with E-state index in [1.165, 1.54) is 6.20 Å². The van der Waals surface area contributed by atoms with Crippen molar-refractivity contribution in [1.29, 1.82) is 0 Å². The molecule has 5 rings (SSSR count). The Balaban J connectivity index is 1.56. The lowest BCUT2D eigenvalue weighted by Crippen LogP contribution is -2.31. The summed E-state index contributed by atoms with van der Waals surface area (Å²) >= 11 is 5.80. The number of carbonyl (C=O) groups is 1. The number of aliphatic imine (C=N–C) groups is 1. The van der Waals surface area contributed by atoms with E-state index >= 15 is 0 Å². The molecule has 1 spiro atoms. The number of amides is 1. The Hall–Kier alpha value is -3.78. The fraction of sp³-hybridized carbons (Fsp3) is 0.136. The van der Waals surface area contributed by atoms with Gasteiger partial charge in [0.1, 0.15) is 29.0 Å². The molecule has 0 aliphatic carbocycles. The Morgan fingerprint density at radius 2 is 1.94 bits per heavy atom. The number of amidine groups is 1. The Morgan fingerprint density at radius 1 is 1.16 bits per heavy atom. The number of anilines is 1. The fourth-order valence-electron chi connectivity index (χ4n) is 3.75. The molecule has 0 bridgehead atoms. The molecule has 0 radical (unpaired) electrons. The van der Waals surface area contributed by atoms with Crippen LogP contribution in [0, 0.1) is 0 Å². The molecule has 2 aliphatic heterocycles. The number of hydrogen-bond acceptors (Lipinski definition) is 7. The molecule has 1 amide bonds. The molecule has 0 saturated carbocycles. The Bertz CT molecular complexity index is 1230. The molecule has 3 N–H and O–H groups in total. The van der Waals surface area contributed by atoms with Gasteiger partial charge in [-0.25, -0.2) is 9.98 Å². The van der Waals surface area contributed by atoms with Crippen LogP contribution in [-0.2, 0) is 10.3 Å². The quantitative estimate of drug-likeness (QED) is 0.606. The topological polar surface area (TPSA) is 108 Å². The summed E-state index contributed by atoms with van der Waals surface area (Å²) in [4.78, 5) is 21.2. The Morgan fingerprint density at radius 3 is 2.61 bits per heavy atom. The summed E-state index contributed by atoms with van der Waals surface area (Å²) in [5.41, 5.74) is 7.43. The van der Waals surface area contributed by atoms with Crippen molar-refractivity contribution in [3.63, 3.8) is 0 Å². The van der Waals surface area contributed by atoms with E-state index < -0.39 is 5.54 Å². The maximum absolute atomic E-state index is 12.6. The molecule has 156 valence electrons. The number of pyridine rings is 1. The van der Waals surface area contributed by atoms with E-state index in [-0.39, 0.29) is 18.5 Å². The average molecular weight is 437 g/mol. The maximum atomic E-state index is 12.6. The molecule has 31 heavy (non-hydrogen) atoms. The van der Waals surface area contributed by atoms with Gasteiger partial charge in [-0.2, -0.15) is 0 Å². The highest BCUT2D eigenvalue weighted by molar-refractivity contribution is 6.29. The smallest absolute Gasteiger partial charge is 0.283 e. The van der Waals surface area contributed by atoms with Crippen LogP contribution in [0.2, 0.25) is 5.15 Å². The number of aromatic nitrogens is 1. The third kappa shape index (κ3) is 3.21.